The van der Waals surface area contributed by atoms with E-state index in [1.807, 2.05) is 27.7 Å². The summed E-state index contributed by atoms with van der Waals surface area (Å²) in [7, 11) is -3.26. The van der Waals surface area contributed by atoms with Gasteiger partial charge >= 0.3 is 0 Å². The topological polar surface area (TPSA) is 80.9 Å². The van der Waals surface area contributed by atoms with Crippen molar-refractivity contribution in [3.05, 3.63) is 46.3 Å². The Bertz CT molecular complexity index is 362. The highest BCUT2D eigenvalue weighted by molar-refractivity contribution is 7.89. The number of aliphatic hydroxyl groups excluding tert-OH is 4. The van der Waals surface area contributed by atoms with Crippen LogP contribution in [0.2, 0.25) is 0 Å². The van der Waals surface area contributed by atoms with Gasteiger partial charge in [0.25, 0.3) is 29.3 Å². The molecule has 120 valence electrons. The van der Waals surface area contributed by atoms with Crippen LogP contribution in [0.3, 0.4) is 0 Å². The second kappa shape index (κ2) is 9.51. The minimum absolute atomic E-state index is 0.170. The maximum absolute atomic E-state index is 10.5. The summed E-state index contributed by atoms with van der Waals surface area (Å²) >= 11 is 0. The molecule has 0 saturated heterocycles. The Kier molecular flexibility index (Phi) is 8.87. The minimum Gasteiger partial charge on any atom is -0.481 e. The molecular weight excluding hydrogens is 287 g/mol. The number of hydrogen-bond acceptors (Lipinski definition) is 4. The highest BCUT2D eigenvalue weighted by atomic mass is 31.2. The van der Waals surface area contributed by atoms with Gasteiger partial charge < -0.3 is 20.4 Å². The van der Waals surface area contributed by atoms with Crippen molar-refractivity contribution in [2.75, 3.05) is 0 Å². The van der Waals surface area contributed by atoms with Crippen molar-refractivity contribution < 1.29 is 20.4 Å². The Labute approximate surface area is 128 Å². The fourth-order valence-corrected chi connectivity index (χ4v) is 5.22. The highest BCUT2D eigenvalue weighted by Gasteiger charge is 2.58. The summed E-state index contributed by atoms with van der Waals surface area (Å²) in [5.41, 5.74) is -0.679. The van der Waals surface area contributed by atoms with Gasteiger partial charge in [-0.25, -0.2) is 0 Å². The number of hydrogen-bond donors (Lipinski definition) is 4. The third kappa shape index (κ3) is 4.28. The van der Waals surface area contributed by atoms with E-state index in [4.69, 9.17) is 0 Å². The Balaban J connectivity index is 6.50. The van der Waals surface area contributed by atoms with Crippen molar-refractivity contribution in [3.8, 4) is 0 Å². The first-order valence-electron chi connectivity index (χ1n) is 7.40. The van der Waals surface area contributed by atoms with Gasteiger partial charge in [0, 0.05) is 0 Å². The molecule has 0 radical (unpaired) electrons. The summed E-state index contributed by atoms with van der Waals surface area (Å²) in [6.07, 6.45) is 8.22. The minimum atomic E-state index is -3.26. The molecule has 21 heavy (non-hydrogen) atoms. The Morgan fingerprint density at radius 2 is 0.762 bits per heavy atom. The van der Waals surface area contributed by atoms with Gasteiger partial charge in [-0.05, 0) is 50.0 Å². The van der Waals surface area contributed by atoms with Gasteiger partial charge in [-0.15, -0.1) is 0 Å². The zero-order valence-corrected chi connectivity index (χ0v) is 14.3. The largest absolute Gasteiger partial charge is 0.481 e. The molecule has 0 saturated carbocycles. The first-order chi connectivity index (χ1) is 9.93. The lowest BCUT2D eigenvalue weighted by atomic mass is 10.5. The molecule has 0 fully saturated rings. The van der Waals surface area contributed by atoms with Crippen molar-refractivity contribution in [2.24, 2.45) is 0 Å². The second-order valence-electron chi connectivity index (χ2n) is 4.55. The van der Waals surface area contributed by atoms with Crippen LogP contribution in [0.4, 0.5) is 0 Å². The van der Waals surface area contributed by atoms with Crippen molar-refractivity contribution >= 4 is 7.26 Å². The third-order valence-corrected chi connectivity index (χ3v) is 6.40. The van der Waals surface area contributed by atoms with E-state index in [9.17, 15) is 20.4 Å². The van der Waals surface area contributed by atoms with Crippen LogP contribution in [-0.2, 0) is 0 Å². The maximum atomic E-state index is 10.5. The molecule has 0 spiro atoms. The molecule has 0 unspecified atom stereocenters. The Hall–Kier alpha value is -1.41. The Morgan fingerprint density at radius 1 is 0.571 bits per heavy atom. The van der Waals surface area contributed by atoms with E-state index in [1.165, 1.54) is 24.3 Å². The van der Waals surface area contributed by atoms with E-state index >= 15 is 0 Å². The molecule has 0 aliphatic heterocycles. The van der Waals surface area contributed by atoms with Gasteiger partial charge in [-0.3, -0.25) is 0 Å². The van der Waals surface area contributed by atoms with E-state index < -0.39 is 7.26 Å². The molecule has 0 aromatic carbocycles. The lowest BCUT2D eigenvalue weighted by Crippen LogP contribution is -2.07. The van der Waals surface area contributed by atoms with Gasteiger partial charge in [-0.1, -0.05) is 27.7 Å². The van der Waals surface area contributed by atoms with E-state index in [2.05, 4.69) is 0 Å². The van der Waals surface area contributed by atoms with Crippen LogP contribution in [0.1, 0.15) is 53.4 Å². The summed E-state index contributed by atoms with van der Waals surface area (Å²) in [6, 6.07) is 0. The molecule has 5 heteroatoms. The van der Waals surface area contributed by atoms with Crippen molar-refractivity contribution in [1.29, 1.82) is 0 Å². The van der Waals surface area contributed by atoms with Gasteiger partial charge in [0.1, 0.15) is 0 Å². The average molecular weight is 315 g/mol. The van der Waals surface area contributed by atoms with Gasteiger partial charge in [-0.2, -0.15) is 0 Å². The predicted octanol–water partition coefficient (Wildman–Crippen LogP) is 6.24. The van der Waals surface area contributed by atoms with Crippen LogP contribution in [0.5, 0.6) is 0 Å². The monoisotopic (exact) mass is 315 g/mol. The third-order valence-electron chi connectivity index (χ3n) is 2.92. The molecule has 0 aliphatic rings. The van der Waals surface area contributed by atoms with Crippen LogP contribution in [0.25, 0.3) is 0 Å². The molecule has 0 atom stereocenters. The lowest BCUT2D eigenvalue weighted by molar-refractivity contribution is 0.393. The molecule has 0 bridgehead atoms. The molecule has 4 N–H and O–H groups in total. The predicted molar refractivity (Wildman–Crippen MR) is 90.9 cm³/mol. The van der Waals surface area contributed by atoms with Crippen LogP contribution in [0, 0.1) is 0 Å². The average Bonchev–Trinajstić information content (AvgIpc) is 2.40. The van der Waals surface area contributed by atoms with E-state index in [0.29, 0.717) is 25.7 Å². The molecule has 0 amide bonds. The van der Waals surface area contributed by atoms with Gasteiger partial charge in [0.05, 0.1) is 0 Å². The fraction of sp³-hybridized carbons (Fsp3) is 0.500. The summed E-state index contributed by atoms with van der Waals surface area (Å²) in [5, 5.41) is 41.8. The van der Waals surface area contributed by atoms with Crippen LogP contribution in [-0.4, -0.2) is 20.4 Å². The van der Waals surface area contributed by atoms with Crippen LogP contribution < -0.4 is 0 Å². The summed E-state index contributed by atoms with van der Waals surface area (Å²) in [6.45, 7) is 7.36. The molecule has 0 aromatic rings. The van der Waals surface area contributed by atoms with Gasteiger partial charge in [0.15, 0.2) is 0 Å². The molecule has 0 aliphatic carbocycles. The van der Waals surface area contributed by atoms with Crippen LogP contribution in [0.15, 0.2) is 46.3 Å². The van der Waals surface area contributed by atoms with Crippen molar-refractivity contribution in [2.45, 2.75) is 53.4 Å². The number of aliphatic hydroxyl groups is 4. The zero-order chi connectivity index (χ0) is 16.5. The molecule has 0 rings (SSSR count). The molecular formula is C16H28O4P+. The lowest BCUT2D eigenvalue weighted by Gasteiger charge is -2.22. The maximum Gasteiger partial charge on any atom is 0.290 e. The first kappa shape index (κ1) is 19.6. The Morgan fingerprint density at radius 3 is 0.905 bits per heavy atom. The second-order valence-corrected chi connectivity index (χ2v) is 7.73. The summed E-state index contributed by atoms with van der Waals surface area (Å²) in [4.78, 5) is 0. The smallest absolute Gasteiger partial charge is 0.290 e. The van der Waals surface area contributed by atoms with E-state index in [0.717, 1.165) is 0 Å². The summed E-state index contributed by atoms with van der Waals surface area (Å²) in [5.74, 6) is 0. The standard InChI is InChI=1S/C16H27O4P/c1-5-9-13(17)21(14(18)10-6-2,15(19)11-7-3)16(20)12-8-4/h9-12H,5-8H2,1-4H3,(H3-,17,18,19,20)/p+1. The van der Waals surface area contributed by atoms with Gasteiger partial charge in [0.2, 0.25) is 0 Å². The highest BCUT2D eigenvalue weighted by Crippen LogP contribution is 2.79. The quantitative estimate of drug-likeness (QED) is 0.315. The van der Waals surface area contributed by atoms with E-state index in [-0.39, 0.29) is 22.0 Å². The molecule has 0 aromatic heterocycles. The first-order valence-corrected chi connectivity index (χ1v) is 9.19. The molecule has 0 heterocycles. The van der Waals surface area contributed by atoms with Crippen LogP contribution >= 0.6 is 7.26 Å². The molecule has 4 nitrogen and oxygen atoms in total. The number of rotatable bonds is 8. The van der Waals surface area contributed by atoms with Crippen molar-refractivity contribution in [1.82, 2.24) is 0 Å². The van der Waals surface area contributed by atoms with E-state index in [1.54, 1.807) is 0 Å². The fourth-order valence-electron chi connectivity index (χ4n) is 1.98. The SMILES string of the molecule is CCC=C(O)[P+](C(O)=CCC)(C(O)=CCC)C(O)=CCC. The normalized spacial score (nSPS) is 17.7. The summed E-state index contributed by atoms with van der Waals surface area (Å²) < 4.78 is 0. The number of allylic oxidation sites excluding steroid dienone is 4. The zero-order valence-electron chi connectivity index (χ0n) is 13.4. The van der Waals surface area contributed by atoms with Crippen molar-refractivity contribution in [3.63, 3.8) is 0 Å².